The molecular weight excluding hydrogens is 1890 g/mol. The summed E-state index contributed by atoms with van der Waals surface area (Å²) in [5.41, 5.74) is 7.19. The number of ether oxygens (including phenoxy) is 4. The number of alkyl halides is 12. The van der Waals surface area contributed by atoms with Gasteiger partial charge in [0, 0.05) is 60.7 Å². The number of benzene rings is 8. The smallest absolute Gasteiger partial charge is 0.573 e. The molecule has 0 saturated carbocycles. The van der Waals surface area contributed by atoms with Gasteiger partial charge in [0.25, 0.3) is 23.6 Å². The van der Waals surface area contributed by atoms with E-state index in [9.17, 15) is 101 Å². The lowest BCUT2D eigenvalue weighted by Gasteiger charge is -2.28. The minimum atomic E-state index is -4.85. The maximum Gasteiger partial charge on any atom is 0.573 e. The van der Waals surface area contributed by atoms with Crippen LogP contribution in [0.5, 0.6) is 23.0 Å². The molecule has 12 amide bonds. The third kappa shape index (κ3) is 23.2. The molecule has 706 valence electrons. The summed E-state index contributed by atoms with van der Waals surface area (Å²) >= 11 is 20.0. The number of nitrogen functional groups attached to an aromatic ring is 1. The van der Waals surface area contributed by atoms with Crippen LogP contribution in [0.15, 0.2) is 231 Å². The molecule has 8 heterocycles. The molecule has 0 atom stereocenters. The monoisotopic (exact) mass is 1970 g/mol. The number of amides is 12. The average molecular weight is 1970 g/mol. The van der Waals surface area contributed by atoms with Crippen molar-refractivity contribution in [1.29, 1.82) is 0 Å². The first-order chi connectivity index (χ1) is 61.5. The van der Waals surface area contributed by atoms with Crippen LogP contribution in [0.3, 0.4) is 0 Å². The Morgan fingerprint density at radius 2 is 0.642 bits per heavy atom. The van der Waals surface area contributed by atoms with Crippen molar-refractivity contribution in [3.05, 3.63) is 263 Å². The second-order valence-electron chi connectivity index (χ2n) is 31.4. The van der Waals surface area contributed by atoms with Crippen molar-refractivity contribution < 1.29 is 125 Å². The summed E-state index contributed by atoms with van der Waals surface area (Å²) in [6.07, 6.45) is -16.4. The highest BCUT2D eigenvalue weighted by Gasteiger charge is 2.56. The van der Waals surface area contributed by atoms with Crippen LogP contribution in [-0.4, -0.2) is 135 Å². The van der Waals surface area contributed by atoms with E-state index in [2.05, 4.69) is 67.6 Å². The van der Waals surface area contributed by atoms with E-state index in [0.29, 0.717) is 33.1 Å². The van der Waals surface area contributed by atoms with E-state index in [4.69, 9.17) is 17.3 Å². The summed E-state index contributed by atoms with van der Waals surface area (Å²) < 4.78 is 174. The first kappa shape index (κ1) is 103. The minimum Gasteiger partial charge on any atom is -0.618 e. The Morgan fingerprint density at radius 1 is 0.381 bits per heavy atom. The predicted octanol–water partition coefficient (Wildman–Crippen LogP) is 21.1. The zero-order valence-electron chi connectivity index (χ0n) is 71.1. The fourth-order valence-electron chi connectivity index (χ4n) is 14.6. The fraction of sp³-hybridized carbons (Fsp3) is 0.227. The van der Waals surface area contributed by atoms with Crippen LogP contribution < -0.4 is 55.2 Å². The normalized spacial score (nSPS) is 15.8. The van der Waals surface area contributed by atoms with Gasteiger partial charge in [0.15, 0.2) is 6.20 Å². The number of carbonyl (C=O) groups excluding carboxylic acids is 8. The average Bonchev–Trinajstić information content (AvgIpc) is 1.61. The summed E-state index contributed by atoms with van der Waals surface area (Å²) in [4.78, 5) is 127. The molecule has 4 aliphatic rings. The highest BCUT2D eigenvalue weighted by Crippen LogP contribution is 2.61. The molecule has 7 N–H and O–H groups in total. The Kier molecular flexibility index (Phi) is 30.1. The van der Waals surface area contributed by atoms with E-state index in [1.54, 1.807) is 122 Å². The van der Waals surface area contributed by atoms with Gasteiger partial charge >= 0.3 is 54.8 Å². The number of nitrogens with zero attached hydrogens (tertiary/aromatic N) is 12. The predicted molar refractivity (Wildman–Crippen MR) is 474 cm³/mol. The van der Waals surface area contributed by atoms with Crippen molar-refractivity contribution in [3.8, 4) is 23.0 Å². The van der Waals surface area contributed by atoms with Crippen LogP contribution in [0.2, 0.25) is 5.15 Å². The number of para-hydroxylation sites is 4. The number of rotatable bonds is 16. The fourth-order valence-corrected chi connectivity index (χ4v) is 14.8. The topological polar surface area (TPSA) is 375 Å². The van der Waals surface area contributed by atoms with Gasteiger partial charge in [-0.3, -0.25) is 28.7 Å². The number of imide groups is 4. The summed E-state index contributed by atoms with van der Waals surface area (Å²) in [6.45, 7) is 13.3. The summed E-state index contributed by atoms with van der Waals surface area (Å²) in [6, 6.07) is 51.6. The van der Waals surface area contributed by atoms with E-state index in [1.165, 1.54) is 74.3 Å². The molecule has 134 heavy (non-hydrogen) atoms. The van der Waals surface area contributed by atoms with Crippen LogP contribution >= 0.6 is 50.5 Å². The van der Waals surface area contributed by atoms with Crippen molar-refractivity contribution in [3.63, 3.8) is 0 Å². The molecule has 4 aliphatic heterocycles. The van der Waals surface area contributed by atoms with Gasteiger partial charge in [-0.15, -0.1) is 52.7 Å². The molecule has 29 nitrogen and oxygen atoms in total. The lowest BCUT2D eigenvalue weighted by molar-refractivity contribution is -0.577. The molecular formula is C88H77Cl4F12N14O15P. The van der Waals surface area contributed by atoms with Crippen LogP contribution in [-0.2, 0) is 49.9 Å². The van der Waals surface area contributed by atoms with E-state index in [0.717, 1.165) is 106 Å². The lowest BCUT2D eigenvalue weighted by atomic mass is 10.0. The molecule has 4 fully saturated rings. The number of halogens is 16. The Morgan fingerprint density at radius 3 is 0.963 bits per heavy atom. The van der Waals surface area contributed by atoms with Crippen LogP contribution in [0.25, 0.3) is 43.6 Å². The summed E-state index contributed by atoms with van der Waals surface area (Å²) in [5, 5.41) is 12.2. The summed E-state index contributed by atoms with van der Waals surface area (Å²) in [7, 11) is 0. The molecule has 12 aromatic rings. The maximum absolute atomic E-state index is 13.2. The van der Waals surface area contributed by atoms with Gasteiger partial charge in [0.2, 0.25) is 5.52 Å². The summed E-state index contributed by atoms with van der Waals surface area (Å²) in [5.74, 6) is -3.51. The van der Waals surface area contributed by atoms with Crippen LogP contribution in [0.1, 0.15) is 77.6 Å². The lowest BCUT2D eigenvalue weighted by Crippen LogP contribution is -2.43. The second kappa shape index (κ2) is 39.3. The molecule has 0 unspecified atom stereocenters. The first-order valence-electron chi connectivity index (χ1n) is 38.9. The number of aromatic nitrogens is 4. The standard InChI is InChI=1S/C22H17ClF3N3O3.C22H19F3N4O3.C22H18F3N3O4.C22H18F3N3O3.Cl3OP.H3N.H2O/c1-21(2)19(30)29(14-7-9-15(10-8-14)32-22(24,25)26)20(31)28(21)12-13-11-18(23)27-17-6-4-3-5-16(13)17;1-21(2)19(30)29(14-7-9-15(10-8-14)32-22(23,24)25)20(31)28(21)12-13-11-18(26)27-17-6-4-3-5-16(13)17;1-21(2)19(29)28(15-7-9-16(10-8-15)32-22(23,24)25)20(30)26(21)13-14-11-12-27(31)18-6-4-3-5-17(14)18;1-21(2)19(29)28(15-7-9-16(10-8-15)31-22(23,24)25)20(30)27(21)13-14-11-12-26-18-6-4-3-5-17(14)18;1-5(2,3)4;;/h3-11H,12H2,1-2H3;3-11H,12H2,1-2H3,(H2,26,27);3-12H,13H2,1-2H3;3-12H,13H2,1-2H3;;1H3;1H2. The van der Waals surface area contributed by atoms with Crippen molar-refractivity contribution in [2.75, 3.05) is 25.3 Å². The molecule has 4 aromatic heterocycles. The number of fused-ring (bicyclic) bond motifs is 4. The van der Waals surface area contributed by atoms with E-state index >= 15 is 0 Å². The first-order valence-corrected chi connectivity index (χ1v) is 43.7. The molecule has 4 saturated heterocycles. The quantitative estimate of drug-likeness (QED) is 0.0226. The third-order valence-corrected chi connectivity index (χ3v) is 21.3. The Hall–Kier alpha value is -13.6. The zero-order chi connectivity index (χ0) is 96.7. The van der Waals surface area contributed by atoms with E-state index in [1.807, 2.05) is 60.7 Å². The van der Waals surface area contributed by atoms with Gasteiger partial charge in [0.1, 0.15) is 56.1 Å². The number of anilines is 5. The van der Waals surface area contributed by atoms with Gasteiger partial charge in [-0.1, -0.05) is 78.3 Å². The molecule has 0 spiro atoms. The van der Waals surface area contributed by atoms with Gasteiger partial charge in [-0.2, -0.15) is 4.73 Å². The number of nitrogens with two attached hydrogens (primary N) is 1. The van der Waals surface area contributed by atoms with Gasteiger partial charge < -0.3 is 61.1 Å². The Labute approximate surface area is 772 Å². The number of hydrogen-bond donors (Lipinski definition) is 2. The van der Waals surface area contributed by atoms with Crippen molar-refractivity contribution in [2.45, 2.75) is 129 Å². The largest absolute Gasteiger partial charge is 0.618 e. The van der Waals surface area contributed by atoms with Crippen LogP contribution in [0, 0.1) is 5.21 Å². The molecule has 0 bridgehead atoms. The molecule has 0 aliphatic carbocycles. The highest BCUT2D eigenvalue weighted by atomic mass is 36.0. The minimum absolute atomic E-state index is 0. The van der Waals surface area contributed by atoms with Crippen LogP contribution in [0.4, 0.5) is 100 Å². The SMILES string of the molecule is CC1(C)C(=O)N(c2ccc(OC(F)(F)F)cc2)C(=O)N1Cc1cc(Cl)nc2ccccc12.CC1(C)C(=O)N(c2ccc(OC(F)(F)F)cc2)C(=O)N1Cc1cc(N)nc2ccccc12.CC1(C)C(=O)N(c2ccc(OC(F)(F)F)cc2)C(=O)N1Cc1cc[n+]([O-])c2ccccc12.CC1(C)C(=O)N(c2ccc(OC(F)(F)F)cc2)C(=O)N1Cc1ccnc2ccccc12.N.O.O=P(Cl)(Cl)Cl. The second-order valence-corrected chi connectivity index (χ2v) is 38.4. The number of pyridine rings is 4. The number of urea groups is 4. The van der Waals surface area contributed by atoms with E-state index in [-0.39, 0.29) is 71.5 Å². The number of carbonyl (C=O) groups is 8. The molecule has 8 aromatic carbocycles. The Balaban J connectivity index is 0.000000181. The van der Waals surface area contributed by atoms with E-state index < -0.39 is 124 Å². The van der Waals surface area contributed by atoms with Crippen molar-refractivity contribution >= 4 is 170 Å². The Bertz CT molecular complexity index is 6330. The molecule has 46 heteroatoms. The maximum atomic E-state index is 13.2. The van der Waals surface area contributed by atoms with Gasteiger partial charge in [-0.05, 0) is 251 Å². The number of hydrogen-bond acceptors (Lipinski definition) is 19. The van der Waals surface area contributed by atoms with Gasteiger partial charge in [0.05, 0.1) is 44.7 Å². The molecule has 0 radical (unpaired) electrons. The third-order valence-electron chi connectivity index (χ3n) is 21.2. The van der Waals surface area contributed by atoms with Crippen molar-refractivity contribution in [2.24, 2.45) is 0 Å². The molecule has 16 rings (SSSR count). The highest BCUT2D eigenvalue weighted by molar-refractivity contribution is 8.24. The van der Waals surface area contributed by atoms with Gasteiger partial charge in [-0.25, -0.2) is 48.7 Å². The zero-order valence-corrected chi connectivity index (χ0v) is 75.0. The van der Waals surface area contributed by atoms with Crippen molar-refractivity contribution in [1.82, 2.24) is 40.7 Å².